The number of hydrogen-bond donors (Lipinski definition) is 2. The molecule has 0 saturated carbocycles. The van der Waals surface area contributed by atoms with Crippen LogP contribution < -0.4 is 15.5 Å². The fourth-order valence-electron chi connectivity index (χ4n) is 6.96. The predicted molar refractivity (Wildman–Crippen MR) is 193 cm³/mol. The van der Waals surface area contributed by atoms with Crippen LogP contribution in [0.4, 0.5) is 41.9 Å². The molecule has 9 rings (SSSR count). The highest BCUT2D eigenvalue weighted by molar-refractivity contribution is 6.09. The van der Waals surface area contributed by atoms with Crippen LogP contribution in [0.15, 0.2) is 91.4 Å². The zero-order valence-electron chi connectivity index (χ0n) is 27.4. The molecule has 13 heteroatoms. The molecule has 7 heterocycles. The Morgan fingerprint density at radius 3 is 2.20 bits per heavy atom. The molecule has 6 aromatic heterocycles. The molecule has 1 aliphatic rings. The van der Waals surface area contributed by atoms with Gasteiger partial charge in [-0.25, -0.2) is 23.1 Å². The molecular weight excluding hydrogens is 655 g/mol. The lowest BCUT2D eigenvalue weighted by atomic mass is 10.1. The van der Waals surface area contributed by atoms with Crippen LogP contribution in [-0.2, 0) is 18.3 Å². The molecule has 10 nitrogen and oxygen atoms in total. The molecule has 0 radical (unpaired) electrons. The zero-order chi connectivity index (χ0) is 34.6. The molecule has 0 amide bonds. The number of hydrogen-bond acceptors (Lipinski definition) is 8. The molecule has 1 fully saturated rings. The predicted octanol–water partition coefficient (Wildman–Crippen LogP) is 7.81. The molecule has 1 saturated heterocycles. The molecular formula is C38H30F3N9O. The van der Waals surface area contributed by atoms with E-state index in [1.54, 1.807) is 24.5 Å². The first-order chi connectivity index (χ1) is 24.9. The number of nitrogens with one attached hydrogen (secondary N) is 2. The Hall–Kier alpha value is -6.21. The number of aromatic nitrogens is 6. The lowest BCUT2D eigenvalue weighted by Crippen LogP contribution is -2.36. The van der Waals surface area contributed by atoms with Gasteiger partial charge in [-0.3, -0.25) is 9.97 Å². The minimum absolute atomic E-state index is 0.273. The molecule has 0 spiro atoms. The summed E-state index contributed by atoms with van der Waals surface area (Å²) < 4.78 is 51.9. The molecule has 2 aromatic carbocycles. The molecule has 0 aliphatic carbocycles. The van der Waals surface area contributed by atoms with E-state index >= 15 is 0 Å². The van der Waals surface area contributed by atoms with E-state index in [9.17, 15) is 13.2 Å². The Bertz CT molecular complexity index is 2630. The second-order valence-corrected chi connectivity index (χ2v) is 12.5. The minimum atomic E-state index is -0.943. The van der Waals surface area contributed by atoms with Gasteiger partial charge in [-0.2, -0.15) is 0 Å². The smallest absolute Gasteiger partial charge is 0.160 e. The van der Waals surface area contributed by atoms with Gasteiger partial charge in [0.1, 0.15) is 28.7 Å². The number of benzene rings is 2. The largest absolute Gasteiger partial charge is 0.378 e. The lowest BCUT2D eigenvalue weighted by Gasteiger charge is -2.29. The number of morpholine rings is 1. The van der Waals surface area contributed by atoms with Crippen molar-refractivity contribution in [2.45, 2.75) is 6.54 Å². The van der Waals surface area contributed by atoms with Crippen molar-refractivity contribution in [3.05, 3.63) is 115 Å². The van der Waals surface area contributed by atoms with Crippen LogP contribution in [0.5, 0.6) is 0 Å². The number of pyridine rings is 4. The van der Waals surface area contributed by atoms with Gasteiger partial charge in [0.25, 0.3) is 0 Å². The van der Waals surface area contributed by atoms with E-state index in [2.05, 4.69) is 20.2 Å². The summed E-state index contributed by atoms with van der Waals surface area (Å²) in [5, 5.41) is 10.2. The van der Waals surface area contributed by atoms with Crippen LogP contribution >= 0.6 is 0 Å². The molecule has 0 unspecified atom stereocenters. The van der Waals surface area contributed by atoms with Crippen LogP contribution in [-0.4, -0.2) is 55.4 Å². The van der Waals surface area contributed by atoms with Crippen molar-refractivity contribution >= 4 is 72.6 Å². The standard InChI is InChI=1S/C38H30F3N9O/c1-48-32-11-13-43-30(36(32)25-5-9-34(46-37(25)48)45-23-3-7-28(40)33(19-23)49-14-16-51-17-15-49)21-50-31-10-12-42-20-26(31)24-4-8-35(47-38(24)50)44-22-2-6-27(39)29(41)18-22/h2-13,18-20H,14-17,21H2,1H3,(H,44,47)(H,45,46). The third kappa shape index (κ3) is 5.42. The van der Waals surface area contributed by atoms with Gasteiger partial charge < -0.3 is 29.4 Å². The van der Waals surface area contributed by atoms with Crippen LogP contribution in [0.25, 0.3) is 43.9 Å². The van der Waals surface area contributed by atoms with Gasteiger partial charge in [-0.05, 0) is 66.7 Å². The fraction of sp³-hybridized carbons (Fsp3) is 0.158. The van der Waals surface area contributed by atoms with Crippen molar-refractivity contribution in [2.75, 3.05) is 41.8 Å². The molecule has 1 aliphatic heterocycles. The SMILES string of the molecule is Cn1c2ccnc(Cn3c4ccncc4c4ccc(Nc5ccc(F)c(F)c5)nc43)c2c2ccc(Nc3ccc(F)c(N4CCOCC4)c3)nc21. The highest BCUT2D eigenvalue weighted by Crippen LogP contribution is 2.35. The maximum absolute atomic E-state index is 14.8. The van der Waals surface area contributed by atoms with Crippen LogP contribution in [0.2, 0.25) is 0 Å². The van der Waals surface area contributed by atoms with Gasteiger partial charge in [0.15, 0.2) is 11.6 Å². The van der Waals surface area contributed by atoms with E-state index in [1.165, 1.54) is 12.1 Å². The van der Waals surface area contributed by atoms with E-state index in [0.29, 0.717) is 61.5 Å². The van der Waals surface area contributed by atoms with E-state index in [-0.39, 0.29) is 5.82 Å². The van der Waals surface area contributed by atoms with Crippen LogP contribution in [0.3, 0.4) is 0 Å². The summed E-state index contributed by atoms with van der Waals surface area (Å²) in [5.74, 6) is -1.03. The quantitative estimate of drug-likeness (QED) is 0.175. The molecule has 51 heavy (non-hydrogen) atoms. The fourth-order valence-corrected chi connectivity index (χ4v) is 6.96. The summed E-state index contributed by atoms with van der Waals surface area (Å²) in [6.07, 6.45) is 5.35. The summed E-state index contributed by atoms with van der Waals surface area (Å²) in [6.45, 7) is 2.79. The summed E-state index contributed by atoms with van der Waals surface area (Å²) in [7, 11) is 1.98. The first kappa shape index (κ1) is 30.8. The summed E-state index contributed by atoms with van der Waals surface area (Å²) in [4.78, 5) is 21.1. The van der Waals surface area contributed by atoms with Crippen molar-refractivity contribution in [1.82, 2.24) is 29.1 Å². The molecule has 0 bridgehead atoms. The van der Waals surface area contributed by atoms with Crippen molar-refractivity contribution in [1.29, 1.82) is 0 Å². The second kappa shape index (κ2) is 12.3. The first-order valence-electron chi connectivity index (χ1n) is 16.5. The van der Waals surface area contributed by atoms with Gasteiger partial charge in [0.05, 0.1) is 42.2 Å². The van der Waals surface area contributed by atoms with E-state index < -0.39 is 11.6 Å². The van der Waals surface area contributed by atoms with Crippen molar-refractivity contribution in [3.63, 3.8) is 0 Å². The average Bonchev–Trinajstić information content (AvgIpc) is 3.62. The van der Waals surface area contributed by atoms with Crippen molar-refractivity contribution in [2.24, 2.45) is 7.05 Å². The van der Waals surface area contributed by atoms with E-state index in [0.717, 1.165) is 61.7 Å². The summed E-state index contributed by atoms with van der Waals surface area (Å²) in [6, 6.07) is 20.3. The third-order valence-electron chi connectivity index (χ3n) is 9.41. The Morgan fingerprint density at radius 1 is 0.706 bits per heavy atom. The zero-order valence-corrected chi connectivity index (χ0v) is 27.4. The number of rotatable bonds is 7. The Kier molecular flexibility index (Phi) is 7.42. The number of ether oxygens (including phenoxy) is 1. The van der Waals surface area contributed by atoms with Gasteiger partial charge in [-0.1, -0.05) is 0 Å². The number of aryl methyl sites for hydroxylation is 1. The van der Waals surface area contributed by atoms with Gasteiger partial charge in [0.2, 0.25) is 0 Å². The molecule has 0 atom stereocenters. The second-order valence-electron chi connectivity index (χ2n) is 12.5. The Labute approximate surface area is 289 Å². The number of fused-ring (bicyclic) bond motifs is 6. The van der Waals surface area contributed by atoms with E-state index in [1.807, 2.05) is 59.1 Å². The van der Waals surface area contributed by atoms with E-state index in [4.69, 9.17) is 19.7 Å². The number of anilines is 5. The normalized spacial score (nSPS) is 13.5. The number of nitrogens with zero attached hydrogens (tertiary/aromatic N) is 7. The third-order valence-corrected chi connectivity index (χ3v) is 9.41. The van der Waals surface area contributed by atoms with Gasteiger partial charge >= 0.3 is 0 Å². The molecule has 2 N–H and O–H groups in total. The lowest BCUT2D eigenvalue weighted by molar-refractivity contribution is 0.122. The maximum Gasteiger partial charge on any atom is 0.160 e. The maximum atomic E-state index is 14.8. The average molecular weight is 686 g/mol. The van der Waals surface area contributed by atoms with Crippen LogP contribution in [0.1, 0.15) is 5.69 Å². The summed E-state index contributed by atoms with van der Waals surface area (Å²) >= 11 is 0. The Morgan fingerprint density at radius 2 is 1.41 bits per heavy atom. The number of halogens is 3. The van der Waals surface area contributed by atoms with Gasteiger partial charge in [-0.15, -0.1) is 0 Å². The van der Waals surface area contributed by atoms with Gasteiger partial charge in [0, 0.05) is 77.7 Å². The Balaban J connectivity index is 1.09. The molecule has 8 aromatic rings. The monoisotopic (exact) mass is 685 g/mol. The molecule has 254 valence electrons. The highest BCUT2D eigenvalue weighted by atomic mass is 19.2. The van der Waals surface area contributed by atoms with Crippen LogP contribution in [0, 0.1) is 17.5 Å². The highest BCUT2D eigenvalue weighted by Gasteiger charge is 2.20. The van der Waals surface area contributed by atoms with Crippen molar-refractivity contribution in [3.8, 4) is 0 Å². The van der Waals surface area contributed by atoms with Crippen molar-refractivity contribution < 1.29 is 17.9 Å². The topological polar surface area (TPSA) is 98.0 Å². The first-order valence-corrected chi connectivity index (χ1v) is 16.5. The summed E-state index contributed by atoms with van der Waals surface area (Å²) in [5.41, 5.74) is 5.82. The minimum Gasteiger partial charge on any atom is -0.378 e.